The van der Waals surface area contributed by atoms with Crippen molar-refractivity contribution in [2.45, 2.75) is 26.5 Å². The minimum atomic E-state index is -0.465. The number of nitrogens with one attached hydrogen (secondary N) is 1. The molecule has 0 bridgehead atoms. The van der Waals surface area contributed by atoms with Crippen molar-refractivity contribution in [3.8, 4) is 0 Å². The Morgan fingerprint density at radius 3 is 2.47 bits per heavy atom. The number of hydrogen-bond acceptors (Lipinski definition) is 3. The van der Waals surface area contributed by atoms with Gasteiger partial charge in [0.2, 0.25) is 0 Å². The lowest BCUT2D eigenvalue weighted by Gasteiger charge is -2.14. The predicted molar refractivity (Wildman–Crippen MR) is 70.5 cm³/mol. The van der Waals surface area contributed by atoms with Crippen molar-refractivity contribution < 1.29 is 9.84 Å². The van der Waals surface area contributed by atoms with E-state index in [2.05, 4.69) is 5.32 Å². The summed E-state index contributed by atoms with van der Waals surface area (Å²) in [5.41, 5.74) is 3.58. The Balaban J connectivity index is 2.52. The Bertz CT molecular complexity index is 345. The quantitative estimate of drug-likeness (QED) is 0.820. The zero-order valence-electron chi connectivity index (χ0n) is 10.6. The molecule has 3 nitrogen and oxygen atoms in total. The van der Waals surface area contributed by atoms with Gasteiger partial charge in [0.15, 0.2) is 0 Å². The van der Waals surface area contributed by atoms with Gasteiger partial charge in [0.1, 0.15) is 0 Å². The summed E-state index contributed by atoms with van der Waals surface area (Å²) in [6, 6.07) is 3.91. The van der Waals surface area contributed by atoms with E-state index < -0.39 is 6.10 Å². The third-order valence-electron chi connectivity index (χ3n) is 2.70. The Labute approximate surface area is 108 Å². The molecular weight excluding hydrogens is 238 g/mol. The second-order valence-corrected chi connectivity index (χ2v) is 4.69. The molecule has 0 unspecified atom stereocenters. The number of hydrogen-bond donors (Lipinski definition) is 2. The lowest BCUT2D eigenvalue weighted by atomic mass is 10.0. The van der Waals surface area contributed by atoms with Crippen LogP contribution in [0.3, 0.4) is 0 Å². The van der Waals surface area contributed by atoms with E-state index in [9.17, 15) is 5.11 Å². The summed E-state index contributed by atoms with van der Waals surface area (Å²) in [5, 5.41) is 13.5. The molecule has 0 amide bonds. The monoisotopic (exact) mass is 257 g/mol. The van der Waals surface area contributed by atoms with E-state index in [4.69, 9.17) is 16.3 Å². The molecule has 0 spiro atoms. The normalized spacial score (nSPS) is 12.8. The van der Waals surface area contributed by atoms with Crippen molar-refractivity contribution in [1.82, 2.24) is 5.32 Å². The molecule has 17 heavy (non-hydrogen) atoms. The van der Waals surface area contributed by atoms with Crippen molar-refractivity contribution in [3.05, 3.63) is 33.8 Å². The van der Waals surface area contributed by atoms with Gasteiger partial charge in [0, 0.05) is 25.2 Å². The average Bonchev–Trinajstić information content (AvgIpc) is 2.22. The number of aliphatic hydroxyl groups is 1. The minimum Gasteiger partial charge on any atom is -0.389 e. The molecule has 0 heterocycles. The first kappa shape index (κ1) is 14.5. The molecule has 0 saturated carbocycles. The molecular formula is C13H20ClNO2. The highest BCUT2D eigenvalue weighted by Crippen LogP contribution is 2.19. The van der Waals surface area contributed by atoms with Crippen LogP contribution in [0.15, 0.2) is 12.1 Å². The van der Waals surface area contributed by atoms with Crippen molar-refractivity contribution in [1.29, 1.82) is 0 Å². The summed E-state index contributed by atoms with van der Waals surface area (Å²) < 4.78 is 4.86. The largest absolute Gasteiger partial charge is 0.389 e. The van der Waals surface area contributed by atoms with Crippen LogP contribution in [0.25, 0.3) is 0 Å². The van der Waals surface area contributed by atoms with Crippen LogP contribution in [0.5, 0.6) is 0 Å². The van der Waals surface area contributed by atoms with Gasteiger partial charge in [-0.1, -0.05) is 11.6 Å². The molecule has 1 rings (SSSR count). The van der Waals surface area contributed by atoms with Gasteiger partial charge in [-0.25, -0.2) is 0 Å². The highest BCUT2D eigenvalue weighted by atomic mass is 35.5. The topological polar surface area (TPSA) is 41.5 Å². The molecule has 0 aromatic heterocycles. The zero-order valence-corrected chi connectivity index (χ0v) is 11.3. The molecule has 0 aliphatic rings. The lowest BCUT2D eigenvalue weighted by molar-refractivity contribution is 0.0644. The van der Waals surface area contributed by atoms with Gasteiger partial charge in [0.05, 0.1) is 12.7 Å². The SMILES string of the molecule is COC[C@@H](O)CNCc1c(C)cc(Cl)cc1C. The van der Waals surface area contributed by atoms with Gasteiger partial charge in [-0.15, -0.1) is 0 Å². The molecule has 0 aliphatic heterocycles. The second-order valence-electron chi connectivity index (χ2n) is 4.26. The lowest BCUT2D eigenvalue weighted by Crippen LogP contribution is -2.30. The van der Waals surface area contributed by atoms with E-state index in [1.54, 1.807) is 7.11 Å². The number of aliphatic hydroxyl groups excluding tert-OH is 1. The first-order valence-electron chi connectivity index (χ1n) is 5.68. The third kappa shape index (κ3) is 4.64. The fraction of sp³-hybridized carbons (Fsp3) is 0.538. The average molecular weight is 258 g/mol. The summed E-state index contributed by atoms with van der Waals surface area (Å²) in [6.45, 7) is 5.69. The summed E-state index contributed by atoms with van der Waals surface area (Å²) in [5.74, 6) is 0. The maximum Gasteiger partial charge on any atom is 0.0897 e. The van der Waals surface area contributed by atoms with Crippen LogP contribution < -0.4 is 5.32 Å². The second kappa shape index (κ2) is 6.97. The highest BCUT2D eigenvalue weighted by molar-refractivity contribution is 6.30. The smallest absolute Gasteiger partial charge is 0.0897 e. The van der Waals surface area contributed by atoms with E-state index in [-0.39, 0.29) is 0 Å². The Kier molecular flexibility index (Phi) is 5.92. The Morgan fingerprint density at radius 2 is 1.94 bits per heavy atom. The van der Waals surface area contributed by atoms with Gasteiger partial charge < -0.3 is 15.2 Å². The van der Waals surface area contributed by atoms with Crippen molar-refractivity contribution in [3.63, 3.8) is 0 Å². The Hall–Kier alpha value is -0.610. The van der Waals surface area contributed by atoms with E-state index in [0.29, 0.717) is 13.2 Å². The van der Waals surface area contributed by atoms with Gasteiger partial charge in [-0.05, 0) is 42.7 Å². The predicted octanol–water partition coefficient (Wildman–Crippen LogP) is 2.05. The fourth-order valence-electron chi connectivity index (χ4n) is 1.83. The maximum atomic E-state index is 9.50. The van der Waals surface area contributed by atoms with Crippen molar-refractivity contribution >= 4 is 11.6 Å². The molecule has 1 aromatic carbocycles. The Morgan fingerprint density at radius 1 is 1.35 bits per heavy atom. The minimum absolute atomic E-state index is 0.353. The molecule has 0 saturated heterocycles. The van der Waals surface area contributed by atoms with Crippen molar-refractivity contribution in [2.75, 3.05) is 20.3 Å². The molecule has 1 aromatic rings. The molecule has 96 valence electrons. The van der Waals surface area contributed by atoms with Crippen LogP contribution in [0.1, 0.15) is 16.7 Å². The number of halogens is 1. The molecule has 0 aliphatic carbocycles. The van der Waals surface area contributed by atoms with Crippen molar-refractivity contribution in [2.24, 2.45) is 0 Å². The van der Waals surface area contributed by atoms with E-state index in [1.807, 2.05) is 26.0 Å². The van der Waals surface area contributed by atoms with Crippen LogP contribution in [-0.2, 0) is 11.3 Å². The molecule has 1 atom stereocenters. The van der Waals surface area contributed by atoms with Gasteiger partial charge in [-0.2, -0.15) is 0 Å². The fourth-order valence-corrected chi connectivity index (χ4v) is 2.16. The summed E-state index contributed by atoms with van der Waals surface area (Å²) in [7, 11) is 1.58. The van der Waals surface area contributed by atoms with Crippen LogP contribution in [0.4, 0.5) is 0 Å². The van der Waals surface area contributed by atoms with E-state index in [0.717, 1.165) is 11.6 Å². The number of methoxy groups -OCH3 is 1. The third-order valence-corrected chi connectivity index (χ3v) is 2.92. The maximum absolute atomic E-state index is 9.50. The zero-order chi connectivity index (χ0) is 12.8. The van der Waals surface area contributed by atoms with Crippen LogP contribution in [0.2, 0.25) is 5.02 Å². The first-order chi connectivity index (χ1) is 8.04. The number of rotatable bonds is 6. The molecule has 4 heteroatoms. The molecule has 0 fully saturated rings. The number of benzene rings is 1. The van der Waals surface area contributed by atoms with E-state index >= 15 is 0 Å². The number of ether oxygens (including phenoxy) is 1. The summed E-state index contributed by atoms with van der Waals surface area (Å²) in [6.07, 6.45) is -0.465. The van der Waals surface area contributed by atoms with Crippen LogP contribution >= 0.6 is 11.6 Å². The summed E-state index contributed by atoms with van der Waals surface area (Å²) in [4.78, 5) is 0. The standard InChI is InChI=1S/C13H20ClNO2/c1-9-4-11(14)5-10(2)13(9)7-15-6-12(16)8-17-3/h4-5,12,15-16H,6-8H2,1-3H3/t12-/m0/s1. The van der Waals surface area contributed by atoms with Crippen LogP contribution in [0, 0.1) is 13.8 Å². The van der Waals surface area contributed by atoms with Gasteiger partial charge in [-0.3, -0.25) is 0 Å². The van der Waals surface area contributed by atoms with E-state index in [1.165, 1.54) is 16.7 Å². The van der Waals surface area contributed by atoms with Gasteiger partial charge in [0.25, 0.3) is 0 Å². The highest BCUT2D eigenvalue weighted by Gasteiger charge is 2.06. The summed E-state index contributed by atoms with van der Waals surface area (Å²) >= 11 is 5.97. The first-order valence-corrected chi connectivity index (χ1v) is 6.05. The molecule has 2 N–H and O–H groups in total. The van der Waals surface area contributed by atoms with Crippen LogP contribution in [-0.4, -0.2) is 31.5 Å². The van der Waals surface area contributed by atoms with Gasteiger partial charge >= 0.3 is 0 Å². The number of aryl methyl sites for hydroxylation is 2. The molecule has 0 radical (unpaired) electrons.